The number of rotatable bonds is 6. The second-order valence-electron chi connectivity index (χ2n) is 6.61. The first-order valence-corrected chi connectivity index (χ1v) is 9.37. The lowest BCUT2D eigenvalue weighted by Crippen LogP contribution is -2.44. The second kappa shape index (κ2) is 8.08. The monoisotopic (exact) mass is 362 g/mol. The SMILES string of the molecule is CN(CC(=O)O)C1CCN(Cc2ccc(F)c(-c3cccs3)c2)CC1. The third-order valence-corrected chi connectivity index (χ3v) is 5.69. The van der Waals surface area contributed by atoms with Crippen LogP contribution < -0.4 is 0 Å². The Morgan fingerprint density at radius 3 is 2.76 bits per heavy atom. The number of carboxylic acid groups (broad SMARTS) is 1. The molecule has 0 unspecified atom stereocenters. The summed E-state index contributed by atoms with van der Waals surface area (Å²) in [6.45, 7) is 2.75. The van der Waals surface area contributed by atoms with E-state index in [0.29, 0.717) is 11.6 Å². The lowest BCUT2D eigenvalue weighted by molar-refractivity contribution is -0.138. The molecule has 134 valence electrons. The first kappa shape index (κ1) is 18.0. The van der Waals surface area contributed by atoms with Crippen molar-refractivity contribution in [1.29, 1.82) is 0 Å². The van der Waals surface area contributed by atoms with Crippen LogP contribution in [-0.4, -0.2) is 53.6 Å². The summed E-state index contributed by atoms with van der Waals surface area (Å²) in [6, 6.07) is 9.56. The fourth-order valence-corrected chi connectivity index (χ4v) is 4.15. The molecule has 25 heavy (non-hydrogen) atoms. The Hall–Kier alpha value is -1.76. The molecule has 1 N–H and O–H groups in total. The van der Waals surface area contributed by atoms with Crippen LogP contribution in [0.25, 0.3) is 10.4 Å². The highest BCUT2D eigenvalue weighted by molar-refractivity contribution is 7.13. The van der Waals surface area contributed by atoms with Crippen molar-refractivity contribution >= 4 is 17.3 Å². The second-order valence-corrected chi connectivity index (χ2v) is 7.56. The van der Waals surface area contributed by atoms with E-state index < -0.39 is 5.97 Å². The largest absolute Gasteiger partial charge is 0.480 e. The normalized spacial score (nSPS) is 16.4. The van der Waals surface area contributed by atoms with E-state index in [9.17, 15) is 9.18 Å². The van der Waals surface area contributed by atoms with E-state index in [-0.39, 0.29) is 12.4 Å². The number of halogens is 1. The number of aliphatic carboxylic acids is 1. The number of likely N-dealkylation sites (N-methyl/N-ethyl adjacent to an activating group) is 1. The van der Waals surface area contributed by atoms with Crippen molar-refractivity contribution < 1.29 is 14.3 Å². The van der Waals surface area contributed by atoms with Crippen LogP contribution in [0.15, 0.2) is 35.7 Å². The van der Waals surface area contributed by atoms with Crippen LogP contribution in [0, 0.1) is 5.82 Å². The molecule has 0 atom stereocenters. The summed E-state index contributed by atoms with van der Waals surface area (Å²) < 4.78 is 14.1. The van der Waals surface area contributed by atoms with Crippen LogP contribution in [0.4, 0.5) is 4.39 Å². The summed E-state index contributed by atoms with van der Waals surface area (Å²) in [5, 5.41) is 10.9. The van der Waals surface area contributed by atoms with Crippen LogP contribution in [0.5, 0.6) is 0 Å². The van der Waals surface area contributed by atoms with Gasteiger partial charge in [-0.25, -0.2) is 4.39 Å². The average molecular weight is 362 g/mol. The van der Waals surface area contributed by atoms with Crippen molar-refractivity contribution in [2.24, 2.45) is 0 Å². The molecule has 0 amide bonds. The summed E-state index contributed by atoms with van der Waals surface area (Å²) in [4.78, 5) is 16.1. The molecule has 0 radical (unpaired) electrons. The Morgan fingerprint density at radius 2 is 2.12 bits per heavy atom. The molecule has 3 rings (SSSR count). The van der Waals surface area contributed by atoms with E-state index in [0.717, 1.165) is 42.9 Å². The number of hydrogen-bond acceptors (Lipinski definition) is 4. The Balaban J connectivity index is 1.59. The summed E-state index contributed by atoms with van der Waals surface area (Å²) in [7, 11) is 1.88. The molecule has 1 aromatic carbocycles. The van der Waals surface area contributed by atoms with Gasteiger partial charge in [-0.1, -0.05) is 12.1 Å². The van der Waals surface area contributed by atoms with Gasteiger partial charge in [0.2, 0.25) is 0 Å². The maximum Gasteiger partial charge on any atom is 0.317 e. The van der Waals surface area contributed by atoms with Crippen molar-refractivity contribution in [3.8, 4) is 10.4 Å². The molecule has 2 heterocycles. The van der Waals surface area contributed by atoms with Crippen molar-refractivity contribution in [2.45, 2.75) is 25.4 Å². The third kappa shape index (κ3) is 4.66. The summed E-state index contributed by atoms with van der Waals surface area (Å²) in [6.07, 6.45) is 1.92. The molecule has 4 nitrogen and oxygen atoms in total. The van der Waals surface area contributed by atoms with Crippen molar-refractivity contribution in [3.63, 3.8) is 0 Å². The third-order valence-electron chi connectivity index (χ3n) is 4.79. The maximum absolute atomic E-state index is 14.1. The minimum atomic E-state index is -0.780. The van der Waals surface area contributed by atoms with Crippen molar-refractivity contribution in [2.75, 3.05) is 26.7 Å². The molecule has 0 bridgehead atoms. The van der Waals surface area contributed by atoms with Gasteiger partial charge in [0.1, 0.15) is 5.82 Å². The molecule has 0 aliphatic carbocycles. The van der Waals surface area contributed by atoms with Gasteiger partial charge in [-0.2, -0.15) is 0 Å². The van der Waals surface area contributed by atoms with Gasteiger partial charge in [0.25, 0.3) is 0 Å². The average Bonchev–Trinajstić information content (AvgIpc) is 3.11. The minimum absolute atomic E-state index is 0.0901. The number of nitrogens with zero attached hydrogens (tertiary/aromatic N) is 2. The highest BCUT2D eigenvalue weighted by atomic mass is 32.1. The van der Waals surface area contributed by atoms with E-state index >= 15 is 0 Å². The smallest absolute Gasteiger partial charge is 0.317 e. The quantitative estimate of drug-likeness (QED) is 0.854. The van der Waals surface area contributed by atoms with Crippen LogP contribution in [0.1, 0.15) is 18.4 Å². The molecule has 1 aliphatic rings. The Morgan fingerprint density at radius 1 is 1.36 bits per heavy atom. The van der Waals surface area contributed by atoms with E-state index in [1.165, 1.54) is 0 Å². The fourth-order valence-electron chi connectivity index (χ4n) is 3.41. The van der Waals surface area contributed by atoms with Crippen LogP contribution in [0.3, 0.4) is 0 Å². The number of hydrogen-bond donors (Lipinski definition) is 1. The molecule has 1 fully saturated rings. The zero-order chi connectivity index (χ0) is 17.8. The van der Waals surface area contributed by atoms with Gasteiger partial charge in [0.15, 0.2) is 0 Å². The van der Waals surface area contributed by atoms with Gasteiger partial charge in [-0.3, -0.25) is 14.6 Å². The zero-order valence-electron chi connectivity index (χ0n) is 14.3. The van der Waals surface area contributed by atoms with Crippen LogP contribution >= 0.6 is 11.3 Å². The maximum atomic E-state index is 14.1. The molecular formula is C19H23FN2O2S. The molecule has 0 saturated carbocycles. The number of thiophene rings is 1. The molecule has 2 aromatic rings. The van der Waals surface area contributed by atoms with E-state index in [1.54, 1.807) is 17.4 Å². The first-order valence-electron chi connectivity index (χ1n) is 8.49. The first-order chi connectivity index (χ1) is 12.0. The molecule has 0 spiro atoms. The van der Waals surface area contributed by atoms with Gasteiger partial charge in [0.05, 0.1) is 6.54 Å². The summed E-state index contributed by atoms with van der Waals surface area (Å²) in [5.74, 6) is -0.961. The highest BCUT2D eigenvalue weighted by Gasteiger charge is 2.23. The highest BCUT2D eigenvalue weighted by Crippen LogP contribution is 2.29. The van der Waals surface area contributed by atoms with Crippen molar-refractivity contribution in [3.05, 3.63) is 47.1 Å². The number of likely N-dealkylation sites (tertiary alicyclic amines) is 1. The fraction of sp³-hybridized carbons (Fsp3) is 0.421. The molecule has 1 aromatic heterocycles. The van der Waals surface area contributed by atoms with E-state index in [4.69, 9.17) is 5.11 Å². The lowest BCUT2D eigenvalue weighted by Gasteiger charge is -2.36. The van der Waals surface area contributed by atoms with Gasteiger partial charge >= 0.3 is 5.97 Å². The van der Waals surface area contributed by atoms with E-state index in [1.807, 2.05) is 41.6 Å². The molecular weight excluding hydrogens is 339 g/mol. The molecule has 6 heteroatoms. The standard InChI is InChI=1S/C19H23FN2O2S/c1-21(13-19(23)24)15-6-8-22(9-7-15)12-14-4-5-17(20)16(11-14)18-3-2-10-25-18/h2-5,10-11,15H,6-9,12-13H2,1H3,(H,23,24). The predicted octanol–water partition coefficient (Wildman–Crippen LogP) is 3.54. The van der Waals surface area contributed by atoms with Gasteiger partial charge in [-0.15, -0.1) is 11.3 Å². The van der Waals surface area contributed by atoms with Gasteiger partial charge in [0, 0.05) is 23.0 Å². The van der Waals surface area contributed by atoms with Crippen molar-refractivity contribution in [1.82, 2.24) is 9.80 Å². The van der Waals surface area contributed by atoms with Crippen LogP contribution in [0.2, 0.25) is 0 Å². The number of carboxylic acids is 1. The number of benzene rings is 1. The molecule has 1 aliphatic heterocycles. The Bertz CT molecular complexity index is 712. The number of piperidine rings is 1. The summed E-state index contributed by atoms with van der Waals surface area (Å²) in [5.41, 5.74) is 1.78. The minimum Gasteiger partial charge on any atom is -0.480 e. The van der Waals surface area contributed by atoms with Gasteiger partial charge in [-0.05, 0) is 62.1 Å². The van der Waals surface area contributed by atoms with Crippen LogP contribution in [-0.2, 0) is 11.3 Å². The lowest BCUT2D eigenvalue weighted by atomic mass is 10.0. The summed E-state index contributed by atoms with van der Waals surface area (Å²) >= 11 is 1.55. The van der Waals surface area contributed by atoms with E-state index in [2.05, 4.69) is 4.90 Å². The zero-order valence-corrected chi connectivity index (χ0v) is 15.1. The predicted molar refractivity (Wildman–Crippen MR) is 98.3 cm³/mol. The van der Waals surface area contributed by atoms with Gasteiger partial charge < -0.3 is 5.11 Å². The topological polar surface area (TPSA) is 43.8 Å². The number of carbonyl (C=O) groups is 1. The Labute approximate surface area is 151 Å². The molecule has 1 saturated heterocycles. The Kier molecular flexibility index (Phi) is 5.83.